The molecule has 1 aromatic carbocycles. The second-order valence-electron chi connectivity index (χ2n) is 4.73. The zero-order valence-electron chi connectivity index (χ0n) is 10.7. The molecule has 1 aliphatic rings. The Labute approximate surface area is 110 Å². The lowest BCUT2D eigenvalue weighted by atomic mass is 10.1. The van der Waals surface area contributed by atoms with E-state index in [1.807, 2.05) is 10.6 Å². The number of Topliss-reactive ketones (excluding diaryl/α,β-unsaturated/α-hetero) is 1. The Balaban J connectivity index is 2.27. The van der Waals surface area contributed by atoms with Gasteiger partial charge in [0.05, 0.1) is 11.6 Å². The minimum atomic E-state index is -0.0110. The maximum atomic E-state index is 11.5. The summed E-state index contributed by atoms with van der Waals surface area (Å²) >= 11 is 0. The predicted octanol–water partition coefficient (Wildman–Crippen LogP) is 2.33. The molecule has 0 saturated carbocycles. The summed E-state index contributed by atoms with van der Waals surface area (Å²) in [5.74, 6) is 1.11. The quantitative estimate of drug-likeness (QED) is 0.676. The van der Waals surface area contributed by atoms with Crippen LogP contribution in [0.1, 0.15) is 29.7 Å². The number of nitrogens with zero attached hydrogens (tertiary/aromatic N) is 2. The highest BCUT2D eigenvalue weighted by atomic mass is 16.5. The smallest absolute Gasteiger partial charge is 0.201 e. The first-order valence-corrected chi connectivity index (χ1v) is 6.18. The number of anilines is 1. The Kier molecular flexibility index (Phi) is 2.55. The second-order valence-corrected chi connectivity index (χ2v) is 4.73. The molecular weight excluding hydrogens is 242 g/mol. The molecule has 0 spiro atoms. The molecule has 1 aliphatic heterocycles. The molecule has 0 saturated heterocycles. The summed E-state index contributed by atoms with van der Waals surface area (Å²) in [6.07, 6.45) is 2.61. The van der Waals surface area contributed by atoms with Crippen LogP contribution in [0.4, 0.5) is 5.95 Å². The standard InChI is InChI=1S/C14H15N3O2/c1-3-4-10-7-19-12-6-9(8(2)18)5-11-13(12)17(10)14(15)16-11/h3,5-6,10H,1,4,7H2,2H3,(H2,15,16)/t10-/m0/s1. The Morgan fingerprint density at radius 3 is 3.16 bits per heavy atom. The molecule has 0 amide bonds. The summed E-state index contributed by atoms with van der Waals surface area (Å²) in [6.45, 7) is 5.79. The molecule has 5 nitrogen and oxygen atoms in total. The van der Waals surface area contributed by atoms with Crippen LogP contribution in [0, 0.1) is 0 Å². The van der Waals surface area contributed by atoms with Crippen LogP contribution in [0.15, 0.2) is 24.8 Å². The van der Waals surface area contributed by atoms with E-state index >= 15 is 0 Å². The van der Waals surface area contributed by atoms with Crippen LogP contribution in [0.2, 0.25) is 0 Å². The van der Waals surface area contributed by atoms with Gasteiger partial charge in [-0.3, -0.25) is 4.79 Å². The van der Waals surface area contributed by atoms with Crippen molar-refractivity contribution in [2.24, 2.45) is 0 Å². The van der Waals surface area contributed by atoms with Gasteiger partial charge in [0, 0.05) is 5.56 Å². The largest absolute Gasteiger partial charge is 0.489 e. The van der Waals surface area contributed by atoms with Gasteiger partial charge in [0.15, 0.2) is 5.78 Å². The highest BCUT2D eigenvalue weighted by molar-refractivity contribution is 5.99. The maximum absolute atomic E-state index is 11.5. The fourth-order valence-electron chi connectivity index (χ4n) is 2.52. The number of carbonyl (C=O) groups excluding carboxylic acids is 1. The van der Waals surface area contributed by atoms with E-state index in [0.717, 1.165) is 11.9 Å². The van der Waals surface area contributed by atoms with Gasteiger partial charge < -0.3 is 15.0 Å². The maximum Gasteiger partial charge on any atom is 0.201 e. The van der Waals surface area contributed by atoms with Crippen molar-refractivity contribution in [2.45, 2.75) is 19.4 Å². The van der Waals surface area contributed by atoms with Crippen molar-refractivity contribution < 1.29 is 9.53 Å². The van der Waals surface area contributed by atoms with Crippen LogP contribution in [-0.2, 0) is 0 Å². The Hall–Kier alpha value is -2.30. The number of rotatable bonds is 3. The van der Waals surface area contributed by atoms with E-state index < -0.39 is 0 Å². The van der Waals surface area contributed by atoms with Crippen molar-refractivity contribution in [3.63, 3.8) is 0 Å². The zero-order chi connectivity index (χ0) is 13.6. The van der Waals surface area contributed by atoms with Gasteiger partial charge in [0.1, 0.15) is 17.9 Å². The number of ketones is 1. The number of carbonyl (C=O) groups is 1. The average Bonchev–Trinajstić information content (AvgIpc) is 2.71. The van der Waals surface area contributed by atoms with Crippen LogP contribution in [0.25, 0.3) is 11.0 Å². The number of aromatic nitrogens is 2. The SMILES string of the molecule is C=CC[C@H]1COc2cc(C(C)=O)cc3nc(N)n1c23. The molecule has 1 aromatic heterocycles. The Morgan fingerprint density at radius 2 is 2.47 bits per heavy atom. The highest BCUT2D eigenvalue weighted by Crippen LogP contribution is 2.37. The third-order valence-corrected chi connectivity index (χ3v) is 3.42. The molecule has 0 radical (unpaired) electrons. The van der Waals surface area contributed by atoms with E-state index in [1.165, 1.54) is 6.92 Å². The lowest BCUT2D eigenvalue weighted by molar-refractivity contribution is 0.101. The minimum Gasteiger partial charge on any atom is -0.489 e. The zero-order valence-corrected chi connectivity index (χ0v) is 10.7. The van der Waals surface area contributed by atoms with Gasteiger partial charge in [-0.05, 0) is 25.5 Å². The molecule has 0 bridgehead atoms. The van der Waals surface area contributed by atoms with E-state index in [-0.39, 0.29) is 11.8 Å². The monoisotopic (exact) mass is 257 g/mol. The average molecular weight is 257 g/mol. The van der Waals surface area contributed by atoms with Gasteiger partial charge >= 0.3 is 0 Å². The highest BCUT2D eigenvalue weighted by Gasteiger charge is 2.26. The van der Waals surface area contributed by atoms with Crippen molar-refractivity contribution in [3.8, 4) is 5.75 Å². The molecule has 0 aliphatic carbocycles. The summed E-state index contributed by atoms with van der Waals surface area (Å²) in [5, 5.41) is 0. The van der Waals surface area contributed by atoms with Crippen LogP contribution in [0.5, 0.6) is 5.75 Å². The molecule has 5 heteroatoms. The van der Waals surface area contributed by atoms with Gasteiger partial charge in [-0.25, -0.2) is 4.98 Å². The molecule has 98 valence electrons. The molecule has 0 fully saturated rings. The van der Waals surface area contributed by atoms with E-state index in [9.17, 15) is 4.79 Å². The van der Waals surface area contributed by atoms with Gasteiger partial charge in [0.25, 0.3) is 0 Å². The molecule has 0 unspecified atom stereocenters. The van der Waals surface area contributed by atoms with Crippen molar-refractivity contribution in [2.75, 3.05) is 12.3 Å². The van der Waals surface area contributed by atoms with Crippen molar-refractivity contribution in [1.82, 2.24) is 9.55 Å². The van der Waals surface area contributed by atoms with Gasteiger partial charge in [-0.2, -0.15) is 0 Å². The van der Waals surface area contributed by atoms with Gasteiger partial charge in [0.2, 0.25) is 5.95 Å². The van der Waals surface area contributed by atoms with E-state index in [4.69, 9.17) is 10.5 Å². The minimum absolute atomic E-state index is 0.0110. The summed E-state index contributed by atoms with van der Waals surface area (Å²) in [4.78, 5) is 15.8. The summed E-state index contributed by atoms with van der Waals surface area (Å²) < 4.78 is 7.72. The van der Waals surface area contributed by atoms with Crippen LogP contribution >= 0.6 is 0 Å². The Bertz CT molecular complexity index is 688. The summed E-state index contributed by atoms with van der Waals surface area (Å²) in [7, 11) is 0. The number of hydrogen-bond acceptors (Lipinski definition) is 4. The number of benzene rings is 1. The third kappa shape index (κ3) is 1.69. The lowest BCUT2D eigenvalue weighted by Crippen LogP contribution is -2.23. The molecule has 2 aromatic rings. The number of nitrogens with two attached hydrogens (primary N) is 1. The second kappa shape index (κ2) is 4.12. The Morgan fingerprint density at radius 1 is 1.68 bits per heavy atom. The van der Waals surface area contributed by atoms with Crippen LogP contribution in [-0.4, -0.2) is 21.9 Å². The van der Waals surface area contributed by atoms with Gasteiger partial charge in [-0.15, -0.1) is 6.58 Å². The third-order valence-electron chi connectivity index (χ3n) is 3.42. The first-order chi connectivity index (χ1) is 9.11. The molecule has 1 atom stereocenters. The molecular formula is C14H15N3O2. The number of hydrogen-bond donors (Lipinski definition) is 1. The molecule has 2 N–H and O–H groups in total. The predicted molar refractivity (Wildman–Crippen MR) is 73.5 cm³/mol. The number of allylic oxidation sites excluding steroid dienone is 1. The van der Waals surface area contributed by atoms with Crippen molar-refractivity contribution >= 4 is 22.8 Å². The first kappa shape index (κ1) is 11.8. The van der Waals surface area contributed by atoms with Crippen molar-refractivity contribution in [3.05, 3.63) is 30.4 Å². The normalized spacial score (nSPS) is 17.2. The van der Waals surface area contributed by atoms with Gasteiger partial charge in [-0.1, -0.05) is 6.08 Å². The van der Waals surface area contributed by atoms with Crippen molar-refractivity contribution in [1.29, 1.82) is 0 Å². The summed E-state index contributed by atoms with van der Waals surface area (Å²) in [6, 6.07) is 3.62. The van der Waals surface area contributed by atoms with E-state index in [2.05, 4.69) is 11.6 Å². The number of ether oxygens (including phenoxy) is 1. The van der Waals surface area contributed by atoms with Crippen LogP contribution < -0.4 is 10.5 Å². The lowest BCUT2D eigenvalue weighted by Gasteiger charge is -2.25. The number of imidazole rings is 1. The molecule has 2 heterocycles. The topological polar surface area (TPSA) is 70.1 Å². The fraction of sp³-hybridized carbons (Fsp3) is 0.286. The summed E-state index contributed by atoms with van der Waals surface area (Å²) in [5.41, 5.74) is 8.15. The molecule has 19 heavy (non-hydrogen) atoms. The molecule has 3 rings (SSSR count). The van der Waals surface area contributed by atoms with E-state index in [1.54, 1.807) is 12.1 Å². The van der Waals surface area contributed by atoms with E-state index in [0.29, 0.717) is 29.4 Å². The number of nitrogen functional groups attached to an aromatic ring is 1. The van der Waals surface area contributed by atoms with Crippen LogP contribution in [0.3, 0.4) is 0 Å². The first-order valence-electron chi connectivity index (χ1n) is 6.18. The fourth-order valence-corrected chi connectivity index (χ4v) is 2.52.